The van der Waals surface area contributed by atoms with E-state index in [2.05, 4.69) is 25.5 Å². The predicted octanol–water partition coefficient (Wildman–Crippen LogP) is 5.05. The van der Waals surface area contributed by atoms with Crippen LogP contribution in [-0.2, 0) is 4.99 Å². The minimum Gasteiger partial charge on any atom is -0.497 e. The van der Waals surface area contributed by atoms with Crippen molar-refractivity contribution in [2.75, 3.05) is 51.6 Å². The Kier molecular flexibility index (Phi) is 10.1. The fourth-order valence-electron chi connectivity index (χ4n) is 3.45. The van der Waals surface area contributed by atoms with Crippen LogP contribution in [0.15, 0.2) is 65.6 Å². The molecule has 1 heterocycles. The molecule has 40 heavy (non-hydrogen) atoms. The molecule has 210 valence electrons. The maximum atomic E-state index is 12.8. The monoisotopic (exact) mass is 584 g/mol. The Labute approximate surface area is 241 Å². The van der Waals surface area contributed by atoms with Crippen molar-refractivity contribution in [3.8, 4) is 17.2 Å². The molecule has 0 aliphatic carbocycles. The Morgan fingerprint density at radius 3 is 2.40 bits per heavy atom. The number of nitrogens with zero attached hydrogens (tertiary/aromatic N) is 3. The number of halogens is 1. The number of amides is 1. The molecule has 3 aromatic carbocycles. The van der Waals surface area contributed by atoms with E-state index in [4.69, 9.17) is 31.0 Å². The molecular formula is C27H29ClN6O5S. The van der Waals surface area contributed by atoms with Gasteiger partial charge in [-0.3, -0.25) is 4.79 Å². The fraction of sp³-hybridized carbons (Fsp3) is 0.222. The van der Waals surface area contributed by atoms with Gasteiger partial charge in [-0.2, -0.15) is 0 Å². The van der Waals surface area contributed by atoms with E-state index in [1.165, 1.54) is 26.2 Å². The maximum Gasteiger partial charge on any atom is 0.255 e. The van der Waals surface area contributed by atoms with Gasteiger partial charge in [-0.25, -0.2) is 15.4 Å². The minimum atomic E-state index is -0.226. The van der Waals surface area contributed by atoms with Crippen LogP contribution in [0, 0.1) is 0 Å². The van der Waals surface area contributed by atoms with E-state index in [9.17, 15) is 4.79 Å². The molecule has 0 aliphatic heterocycles. The van der Waals surface area contributed by atoms with Crippen LogP contribution < -0.4 is 29.9 Å². The van der Waals surface area contributed by atoms with Crippen molar-refractivity contribution >= 4 is 52.1 Å². The van der Waals surface area contributed by atoms with Crippen LogP contribution in [0.3, 0.4) is 0 Å². The average molecular weight is 585 g/mol. The number of ether oxygens (including phenoxy) is 2. The Morgan fingerprint density at radius 2 is 1.70 bits per heavy atom. The smallest absolute Gasteiger partial charge is 0.255 e. The summed E-state index contributed by atoms with van der Waals surface area (Å²) in [7, 11) is 6.95. The number of methoxy groups -OCH3 is 2. The zero-order valence-electron chi connectivity index (χ0n) is 22.4. The van der Waals surface area contributed by atoms with E-state index < -0.39 is 0 Å². The molecule has 0 saturated carbocycles. The van der Waals surface area contributed by atoms with E-state index in [-0.39, 0.29) is 17.5 Å². The Balaban J connectivity index is 1.51. The lowest BCUT2D eigenvalue weighted by Gasteiger charge is -2.14. The molecule has 0 atom stereocenters. The van der Waals surface area contributed by atoms with Crippen LogP contribution in [0.4, 0.5) is 11.6 Å². The van der Waals surface area contributed by atoms with E-state index in [0.29, 0.717) is 45.5 Å². The number of likely N-dealkylation sites (N-methyl/N-ethyl adjacent to an activating group) is 1. The molecule has 11 nitrogen and oxygen atoms in total. The molecular weight excluding hydrogens is 556 g/mol. The minimum absolute atomic E-state index is 0.226. The molecule has 1 aromatic heterocycles. The first kappa shape index (κ1) is 29.0. The van der Waals surface area contributed by atoms with Crippen LogP contribution in [0.2, 0.25) is 5.02 Å². The van der Waals surface area contributed by atoms with Gasteiger partial charge in [0.25, 0.3) is 5.91 Å². The number of para-hydroxylation sites is 2. The SMILES string of the molecule is COc1ccc(Cl)c(OONc2nc3ccccc3nc2NSc2ccc(OC)c(C(=O)NCCN(C)C)c2)c1. The lowest BCUT2D eigenvalue weighted by Crippen LogP contribution is -2.31. The molecule has 3 N–H and O–H groups in total. The quantitative estimate of drug-likeness (QED) is 0.111. The van der Waals surface area contributed by atoms with E-state index >= 15 is 0 Å². The summed E-state index contributed by atoms with van der Waals surface area (Å²) in [4.78, 5) is 35.4. The summed E-state index contributed by atoms with van der Waals surface area (Å²) >= 11 is 7.43. The number of carbonyl (C=O) groups is 1. The summed E-state index contributed by atoms with van der Waals surface area (Å²) in [6.45, 7) is 1.23. The fourth-order valence-corrected chi connectivity index (χ4v) is 4.26. The van der Waals surface area contributed by atoms with Gasteiger partial charge in [0, 0.05) is 24.1 Å². The van der Waals surface area contributed by atoms with Crippen LogP contribution in [-0.4, -0.2) is 62.2 Å². The molecule has 0 fully saturated rings. The summed E-state index contributed by atoms with van der Waals surface area (Å²) in [5, 5.41) is 3.25. The lowest BCUT2D eigenvalue weighted by molar-refractivity contribution is -0.179. The number of fused-ring (bicyclic) bond motifs is 1. The molecule has 0 aliphatic rings. The molecule has 0 radical (unpaired) electrons. The molecule has 0 bridgehead atoms. The van der Waals surface area contributed by atoms with Crippen LogP contribution in [0.1, 0.15) is 10.4 Å². The number of rotatable bonds is 13. The second kappa shape index (κ2) is 13.9. The van der Waals surface area contributed by atoms with Crippen molar-refractivity contribution in [1.82, 2.24) is 20.2 Å². The zero-order chi connectivity index (χ0) is 28.5. The third-order valence-electron chi connectivity index (χ3n) is 5.50. The average Bonchev–Trinajstić information content (AvgIpc) is 2.96. The summed E-state index contributed by atoms with van der Waals surface area (Å²) < 4.78 is 13.8. The lowest BCUT2D eigenvalue weighted by atomic mass is 10.2. The standard InChI is InChI=1S/C27H29ClN6O5S/c1-34(2)14-13-29-27(35)19-16-18(10-12-23(19)37-4)40-33-26-25(30-21-7-5-6-8-22(21)31-26)32-39-38-24-15-17(36-3)9-11-20(24)28/h5-12,15-16H,13-14H2,1-4H3,(H,29,35)(H,30,32)(H,31,33). The zero-order valence-corrected chi connectivity index (χ0v) is 23.9. The maximum absolute atomic E-state index is 12.8. The van der Waals surface area contributed by atoms with Gasteiger partial charge >= 0.3 is 0 Å². The van der Waals surface area contributed by atoms with Gasteiger partial charge in [-0.15, -0.1) is 0 Å². The largest absolute Gasteiger partial charge is 0.497 e. The Hall–Kier alpha value is -3.97. The second-order valence-corrected chi connectivity index (χ2v) is 9.89. The number of carbonyl (C=O) groups excluding carboxylic acids is 1. The van der Waals surface area contributed by atoms with Crippen molar-refractivity contribution < 1.29 is 24.1 Å². The van der Waals surface area contributed by atoms with Gasteiger partial charge in [0.15, 0.2) is 17.4 Å². The Bertz CT molecular complexity index is 1480. The Morgan fingerprint density at radius 1 is 0.950 bits per heavy atom. The normalized spacial score (nSPS) is 10.8. The van der Waals surface area contributed by atoms with Gasteiger partial charge in [-0.1, -0.05) is 28.7 Å². The number of aromatic nitrogens is 2. The highest BCUT2D eigenvalue weighted by atomic mass is 35.5. The highest BCUT2D eigenvalue weighted by Crippen LogP contribution is 2.31. The molecule has 0 saturated heterocycles. The van der Waals surface area contributed by atoms with E-state index in [1.54, 1.807) is 30.3 Å². The molecule has 4 rings (SSSR count). The van der Waals surface area contributed by atoms with Crippen molar-refractivity contribution in [1.29, 1.82) is 0 Å². The molecule has 0 unspecified atom stereocenters. The molecule has 1 amide bonds. The van der Waals surface area contributed by atoms with Gasteiger partial charge in [-0.05, 0) is 68.5 Å². The topological polar surface area (TPSA) is 119 Å². The van der Waals surface area contributed by atoms with E-state index in [0.717, 1.165) is 11.4 Å². The van der Waals surface area contributed by atoms with Crippen LogP contribution in [0.25, 0.3) is 11.0 Å². The van der Waals surface area contributed by atoms with Crippen molar-refractivity contribution in [2.45, 2.75) is 4.90 Å². The number of hydrogen-bond acceptors (Lipinski definition) is 11. The van der Waals surface area contributed by atoms with Crippen molar-refractivity contribution in [3.05, 3.63) is 71.2 Å². The molecule has 4 aromatic rings. The third-order valence-corrected chi connectivity index (χ3v) is 6.60. The highest BCUT2D eigenvalue weighted by molar-refractivity contribution is 8.00. The van der Waals surface area contributed by atoms with Gasteiger partial charge in [0.2, 0.25) is 0 Å². The number of benzene rings is 3. The van der Waals surface area contributed by atoms with Gasteiger partial charge in [0.05, 0.1) is 35.8 Å². The highest BCUT2D eigenvalue weighted by Gasteiger charge is 2.15. The first-order chi connectivity index (χ1) is 19.4. The first-order valence-corrected chi connectivity index (χ1v) is 13.3. The van der Waals surface area contributed by atoms with Gasteiger partial charge in [0.1, 0.15) is 11.5 Å². The number of hydrogen-bond donors (Lipinski definition) is 3. The summed E-state index contributed by atoms with van der Waals surface area (Å²) in [5.74, 6) is 1.69. The first-order valence-electron chi connectivity index (χ1n) is 12.1. The van der Waals surface area contributed by atoms with Crippen molar-refractivity contribution in [3.63, 3.8) is 0 Å². The summed E-state index contributed by atoms with van der Waals surface area (Å²) in [5.41, 5.74) is 4.41. The van der Waals surface area contributed by atoms with Crippen LogP contribution in [0.5, 0.6) is 17.2 Å². The predicted molar refractivity (Wildman–Crippen MR) is 156 cm³/mol. The van der Waals surface area contributed by atoms with E-state index in [1.807, 2.05) is 49.3 Å². The third kappa shape index (κ3) is 7.57. The molecule has 0 spiro atoms. The van der Waals surface area contributed by atoms with Crippen molar-refractivity contribution in [2.24, 2.45) is 0 Å². The number of anilines is 2. The second-order valence-electron chi connectivity index (χ2n) is 8.60. The van der Waals surface area contributed by atoms with Gasteiger partial charge < -0.3 is 29.3 Å². The summed E-state index contributed by atoms with van der Waals surface area (Å²) in [6.07, 6.45) is 0. The van der Waals surface area contributed by atoms with Crippen LogP contribution >= 0.6 is 23.5 Å². The summed E-state index contributed by atoms with van der Waals surface area (Å²) in [6, 6.07) is 17.6. The molecule has 13 heteroatoms. The number of nitrogens with one attached hydrogen (secondary N) is 3.